The lowest BCUT2D eigenvalue weighted by molar-refractivity contribution is -0.167. The highest BCUT2D eigenvalue weighted by atomic mass is 16.6. The molecule has 0 aliphatic heterocycles. The summed E-state index contributed by atoms with van der Waals surface area (Å²) in [7, 11) is 0. The zero-order valence-corrected chi connectivity index (χ0v) is 47.2. The van der Waals surface area contributed by atoms with E-state index in [2.05, 4.69) is 81.5 Å². The minimum atomic E-state index is -0.785. The summed E-state index contributed by atoms with van der Waals surface area (Å²) >= 11 is 0. The minimum Gasteiger partial charge on any atom is -0.462 e. The van der Waals surface area contributed by atoms with Crippen LogP contribution in [0.15, 0.2) is 60.8 Å². The van der Waals surface area contributed by atoms with Crippen LogP contribution in [0.3, 0.4) is 0 Å². The topological polar surface area (TPSA) is 78.9 Å². The molecule has 0 N–H and O–H groups in total. The van der Waals surface area contributed by atoms with Crippen molar-refractivity contribution in [2.75, 3.05) is 13.2 Å². The van der Waals surface area contributed by atoms with Gasteiger partial charge in [-0.2, -0.15) is 0 Å². The van der Waals surface area contributed by atoms with E-state index in [9.17, 15) is 14.4 Å². The Morgan fingerprint density at radius 3 is 0.817 bits per heavy atom. The van der Waals surface area contributed by atoms with E-state index in [0.717, 1.165) is 89.9 Å². The average molecular weight is 994 g/mol. The number of hydrogen-bond acceptors (Lipinski definition) is 6. The van der Waals surface area contributed by atoms with E-state index in [1.165, 1.54) is 186 Å². The molecule has 0 fully saturated rings. The van der Waals surface area contributed by atoms with Gasteiger partial charge in [0.25, 0.3) is 0 Å². The van der Waals surface area contributed by atoms with Crippen LogP contribution in [0.5, 0.6) is 0 Å². The Kier molecular flexibility index (Phi) is 57.2. The van der Waals surface area contributed by atoms with Crippen LogP contribution in [0.1, 0.15) is 316 Å². The highest BCUT2D eigenvalue weighted by Crippen LogP contribution is 2.16. The fraction of sp³-hybridized carbons (Fsp3) is 0.800. The van der Waals surface area contributed by atoms with Gasteiger partial charge in [-0.15, -0.1) is 0 Å². The average Bonchev–Trinajstić information content (AvgIpc) is 3.37. The molecule has 0 aromatic carbocycles. The molecule has 412 valence electrons. The molecule has 71 heavy (non-hydrogen) atoms. The van der Waals surface area contributed by atoms with Crippen molar-refractivity contribution in [1.82, 2.24) is 0 Å². The Balaban J connectivity index is 4.36. The van der Waals surface area contributed by atoms with Crippen LogP contribution in [0.25, 0.3) is 0 Å². The Morgan fingerprint density at radius 2 is 0.507 bits per heavy atom. The van der Waals surface area contributed by atoms with E-state index < -0.39 is 6.10 Å². The molecule has 1 atom stereocenters. The summed E-state index contributed by atoms with van der Waals surface area (Å²) in [6, 6.07) is 0. The summed E-state index contributed by atoms with van der Waals surface area (Å²) in [5.74, 6) is -0.890. The molecular formula is C65H116O6. The van der Waals surface area contributed by atoms with Gasteiger partial charge in [-0.3, -0.25) is 14.4 Å². The monoisotopic (exact) mass is 993 g/mol. The van der Waals surface area contributed by atoms with E-state index in [-0.39, 0.29) is 31.1 Å². The number of esters is 3. The van der Waals surface area contributed by atoms with Crippen LogP contribution in [0.2, 0.25) is 0 Å². The smallest absolute Gasteiger partial charge is 0.306 e. The molecule has 0 bridgehead atoms. The van der Waals surface area contributed by atoms with E-state index >= 15 is 0 Å². The van der Waals surface area contributed by atoms with Crippen LogP contribution in [-0.2, 0) is 28.6 Å². The number of allylic oxidation sites excluding steroid dienone is 10. The molecule has 0 heterocycles. The Bertz CT molecular complexity index is 1280. The highest BCUT2D eigenvalue weighted by molar-refractivity contribution is 5.71. The Morgan fingerprint density at radius 1 is 0.282 bits per heavy atom. The minimum absolute atomic E-state index is 0.0809. The van der Waals surface area contributed by atoms with Gasteiger partial charge in [-0.1, -0.05) is 248 Å². The predicted octanol–water partition coefficient (Wildman–Crippen LogP) is 20.8. The molecule has 6 nitrogen and oxygen atoms in total. The zero-order chi connectivity index (χ0) is 51.4. The van der Waals surface area contributed by atoms with Crippen LogP contribution < -0.4 is 0 Å². The number of ether oxygens (including phenoxy) is 3. The van der Waals surface area contributed by atoms with Crippen molar-refractivity contribution < 1.29 is 28.6 Å². The molecule has 6 heteroatoms. The van der Waals surface area contributed by atoms with Crippen molar-refractivity contribution in [2.45, 2.75) is 322 Å². The van der Waals surface area contributed by atoms with E-state index in [0.29, 0.717) is 19.3 Å². The lowest BCUT2D eigenvalue weighted by Gasteiger charge is -2.18. The molecule has 0 aromatic heterocycles. The van der Waals surface area contributed by atoms with Gasteiger partial charge in [-0.25, -0.2) is 0 Å². The second-order valence-corrected chi connectivity index (χ2v) is 20.6. The third kappa shape index (κ3) is 57.9. The lowest BCUT2D eigenvalue weighted by atomic mass is 10.0. The summed E-state index contributed by atoms with van der Waals surface area (Å²) in [4.78, 5) is 38.3. The Hall–Kier alpha value is -2.89. The fourth-order valence-corrected chi connectivity index (χ4v) is 8.79. The second-order valence-electron chi connectivity index (χ2n) is 20.6. The number of carbonyl (C=O) groups is 3. The second kappa shape index (κ2) is 59.7. The van der Waals surface area contributed by atoms with Crippen molar-refractivity contribution in [3.63, 3.8) is 0 Å². The summed E-state index contributed by atoms with van der Waals surface area (Å²) in [5, 5.41) is 0. The maximum absolute atomic E-state index is 12.9. The molecule has 0 saturated heterocycles. The molecule has 0 aromatic rings. The quantitative estimate of drug-likeness (QED) is 0.0261. The number of hydrogen-bond donors (Lipinski definition) is 0. The first kappa shape index (κ1) is 68.1. The van der Waals surface area contributed by atoms with E-state index in [4.69, 9.17) is 14.2 Å². The molecule has 0 radical (unpaired) electrons. The zero-order valence-electron chi connectivity index (χ0n) is 47.2. The molecule has 0 rings (SSSR count). The van der Waals surface area contributed by atoms with E-state index in [1.54, 1.807) is 0 Å². The van der Waals surface area contributed by atoms with Crippen molar-refractivity contribution in [2.24, 2.45) is 0 Å². The van der Waals surface area contributed by atoms with Crippen molar-refractivity contribution >= 4 is 17.9 Å². The van der Waals surface area contributed by atoms with Gasteiger partial charge >= 0.3 is 17.9 Å². The third-order valence-electron chi connectivity index (χ3n) is 13.5. The van der Waals surface area contributed by atoms with Gasteiger partial charge in [0.2, 0.25) is 0 Å². The maximum Gasteiger partial charge on any atom is 0.306 e. The first-order valence-electron chi connectivity index (χ1n) is 30.8. The van der Waals surface area contributed by atoms with Gasteiger partial charge < -0.3 is 14.2 Å². The van der Waals surface area contributed by atoms with Gasteiger partial charge in [0.1, 0.15) is 13.2 Å². The van der Waals surface area contributed by atoms with Crippen molar-refractivity contribution in [3.05, 3.63) is 60.8 Å². The van der Waals surface area contributed by atoms with Gasteiger partial charge in [-0.05, 0) is 109 Å². The first-order chi connectivity index (χ1) is 35.0. The largest absolute Gasteiger partial charge is 0.462 e. The Labute approximate surface area is 440 Å². The summed E-state index contributed by atoms with van der Waals surface area (Å²) < 4.78 is 16.9. The van der Waals surface area contributed by atoms with Crippen LogP contribution in [0.4, 0.5) is 0 Å². The van der Waals surface area contributed by atoms with Gasteiger partial charge in [0.15, 0.2) is 6.10 Å². The molecule has 0 spiro atoms. The van der Waals surface area contributed by atoms with Crippen LogP contribution >= 0.6 is 0 Å². The van der Waals surface area contributed by atoms with Crippen LogP contribution in [-0.4, -0.2) is 37.2 Å². The summed E-state index contributed by atoms with van der Waals surface area (Å²) in [5.41, 5.74) is 0. The van der Waals surface area contributed by atoms with Gasteiger partial charge in [0, 0.05) is 19.3 Å². The lowest BCUT2D eigenvalue weighted by Crippen LogP contribution is -2.30. The number of rotatable bonds is 56. The molecular weight excluding hydrogens is 877 g/mol. The number of carbonyl (C=O) groups excluding carboxylic acids is 3. The first-order valence-corrected chi connectivity index (χ1v) is 30.8. The third-order valence-corrected chi connectivity index (χ3v) is 13.5. The maximum atomic E-state index is 12.9. The molecule has 0 unspecified atom stereocenters. The fourth-order valence-electron chi connectivity index (χ4n) is 8.79. The number of unbranched alkanes of at least 4 members (excludes halogenated alkanes) is 35. The van der Waals surface area contributed by atoms with Crippen molar-refractivity contribution in [1.29, 1.82) is 0 Å². The normalized spacial score (nSPS) is 12.4. The SMILES string of the molecule is CCCCC/C=C\C/C=C\CCCCCCCCCC(=O)O[C@H](COC(=O)CCCCCCC/C=C\C/C=C\CCCCC)COC(=O)CCCCCCCCCCCCC/C=C\CCCCCCCC. The molecule has 0 amide bonds. The van der Waals surface area contributed by atoms with Crippen molar-refractivity contribution in [3.8, 4) is 0 Å². The summed E-state index contributed by atoms with van der Waals surface area (Å²) in [6.07, 6.45) is 75.0. The highest BCUT2D eigenvalue weighted by Gasteiger charge is 2.19. The standard InChI is InChI=1S/C65H116O6/c1-4-7-10-13-16-19-22-25-28-30-31-32-33-35-37-40-43-46-49-52-55-58-64(67)70-61-62(60-69-63(66)57-54-51-48-45-42-39-36-27-24-21-18-15-12-9-6-3)71-65(68)59-56-53-50-47-44-41-38-34-29-26-23-20-17-14-11-8-5-2/h17-18,20-21,25-29,36,62H,4-16,19,22-24,30-35,37-61H2,1-3H3/b20-17-,21-18-,28-25-,29-26-,36-27-/t62-/m1/s1. The van der Waals surface area contributed by atoms with Crippen LogP contribution in [0, 0.1) is 0 Å². The van der Waals surface area contributed by atoms with E-state index in [1.807, 2.05) is 0 Å². The molecule has 0 saturated carbocycles. The predicted molar refractivity (Wildman–Crippen MR) is 307 cm³/mol. The molecule has 0 aliphatic rings. The summed E-state index contributed by atoms with van der Waals surface area (Å²) in [6.45, 7) is 6.60. The molecule has 0 aliphatic carbocycles. The van der Waals surface area contributed by atoms with Gasteiger partial charge in [0.05, 0.1) is 0 Å².